The molecule has 3 atom stereocenters. The Kier molecular flexibility index (Phi) is 5.61. The number of carbonyl (C=O) groups is 1. The fourth-order valence-electron chi connectivity index (χ4n) is 2.89. The van der Waals surface area contributed by atoms with Crippen LogP contribution >= 0.6 is 15.9 Å². The van der Waals surface area contributed by atoms with Gasteiger partial charge in [0.25, 0.3) is 0 Å². The molecule has 20 heavy (non-hydrogen) atoms. The van der Waals surface area contributed by atoms with E-state index in [0.29, 0.717) is 12.3 Å². The van der Waals surface area contributed by atoms with E-state index in [1.807, 2.05) is 31.2 Å². The van der Waals surface area contributed by atoms with Crippen molar-refractivity contribution in [2.24, 2.45) is 11.7 Å². The minimum absolute atomic E-state index is 0.0276. The van der Waals surface area contributed by atoms with E-state index in [1.165, 1.54) is 12.8 Å². The van der Waals surface area contributed by atoms with Crippen LogP contribution in [0, 0.1) is 5.92 Å². The van der Waals surface area contributed by atoms with Crippen LogP contribution in [0.5, 0.6) is 0 Å². The Morgan fingerprint density at radius 3 is 2.90 bits per heavy atom. The fraction of sp³-hybridized carbons (Fsp3) is 0.562. The van der Waals surface area contributed by atoms with Crippen LogP contribution in [0.15, 0.2) is 28.7 Å². The molecule has 2 rings (SSSR count). The Morgan fingerprint density at radius 2 is 2.20 bits per heavy atom. The predicted octanol–water partition coefficient (Wildman–Crippen LogP) is 3.53. The van der Waals surface area contributed by atoms with E-state index in [2.05, 4.69) is 21.2 Å². The fourth-order valence-corrected chi connectivity index (χ4v) is 3.30. The Balaban J connectivity index is 1.87. The van der Waals surface area contributed by atoms with Gasteiger partial charge in [0.05, 0.1) is 6.04 Å². The second kappa shape index (κ2) is 7.23. The number of rotatable bonds is 4. The number of hydrogen-bond acceptors (Lipinski definition) is 2. The summed E-state index contributed by atoms with van der Waals surface area (Å²) in [5.41, 5.74) is 7.21. The van der Waals surface area contributed by atoms with Gasteiger partial charge in [-0.25, -0.2) is 0 Å². The van der Waals surface area contributed by atoms with Crippen LogP contribution in [0.3, 0.4) is 0 Å². The second-order valence-corrected chi connectivity index (χ2v) is 6.67. The standard InChI is InChI=1S/C16H23BrN2O/c1-11(12-6-4-7-14(17)9-12)19-16(20)10-13-5-2-3-8-15(13)18/h4,6-7,9,11,13,15H,2-3,5,8,10,18H2,1H3,(H,19,20). The third kappa shape index (κ3) is 4.32. The van der Waals surface area contributed by atoms with Crippen molar-refractivity contribution in [1.29, 1.82) is 0 Å². The van der Waals surface area contributed by atoms with Crippen molar-refractivity contribution < 1.29 is 4.79 Å². The Bertz CT molecular complexity index is 464. The van der Waals surface area contributed by atoms with Crippen molar-refractivity contribution in [3.8, 4) is 0 Å². The lowest BCUT2D eigenvalue weighted by atomic mass is 9.83. The van der Waals surface area contributed by atoms with E-state index in [1.54, 1.807) is 0 Å². The lowest BCUT2D eigenvalue weighted by Crippen LogP contribution is -2.37. The van der Waals surface area contributed by atoms with Gasteiger partial charge in [-0.2, -0.15) is 0 Å². The van der Waals surface area contributed by atoms with Crippen LogP contribution in [-0.2, 0) is 4.79 Å². The first-order valence-electron chi connectivity index (χ1n) is 7.36. The summed E-state index contributed by atoms with van der Waals surface area (Å²) in [5.74, 6) is 0.457. The van der Waals surface area contributed by atoms with E-state index < -0.39 is 0 Å². The maximum Gasteiger partial charge on any atom is 0.220 e. The highest BCUT2D eigenvalue weighted by atomic mass is 79.9. The van der Waals surface area contributed by atoms with Crippen LogP contribution in [0.1, 0.15) is 50.6 Å². The predicted molar refractivity (Wildman–Crippen MR) is 85.3 cm³/mol. The summed E-state index contributed by atoms with van der Waals surface area (Å²) >= 11 is 3.45. The van der Waals surface area contributed by atoms with Crippen molar-refractivity contribution in [2.75, 3.05) is 0 Å². The first-order chi connectivity index (χ1) is 9.56. The average Bonchev–Trinajstić information content (AvgIpc) is 2.41. The lowest BCUT2D eigenvalue weighted by molar-refractivity contribution is -0.123. The molecule has 3 unspecified atom stereocenters. The van der Waals surface area contributed by atoms with Crippen molar-refractivity contribution in [3.63, 3.8) is 0 Å². The summed E-state index contributed by atoms with van der Waals surface area (Å²) in [6.07, 6.45) is 5.10. The molecule has 1 saturated carbocycles. The van der Waals surface area contributed by atoms with Crippen LogP contribution in [0.2, 0.25) is 0 Å². The molecular formula is C16H23BrN2O. The van der Waals surface area contributed by atoms with E-state index in [0.717, 1.165) is 22.9 Å². The molecule has 0 spiro atoms. The molecule has 0 heterocycles. The maximum absolute atomic E-state index is 12.1. The molecule has 0 aliphatic heterocycles. The first kappa shape index (κ1) is 15.5. The molecule has 3 N–H and O–H groups in total. The van der Waals surface area contributed by atoms with Gasteiger partial charge in [0.2, 0.25) is 5.91 Å². The van der Waals surface area contributed by atoms with Gasteiger partial charge in [0.1, 0.15) is 0 Å². The topological polar surface area (TPSA) is 55.1 Å². The summed E-state index contributed by atoms with van der Waals surface area (Å²) in [6.45, 7) is 2.01. The van der Waals surface area contributed by atoms with Crippen molar-refractivity contribution >= 4 is 21.8 Å². The van der Waals surface area contributed by atoms with Gasteiger partial charge < -0.3 is 11.1 Å². The molecule has 1 aromatic rings. The van der Waals surface area contributed by atoms with Crippen molar-refractivity contribution in [1.82, 2.24) is 5.32 Å². The summed E-state index contributed by atoms with van der Waals surface area (Å²) in [6, 6.07) is 8.26. The number of halogens is 1. The summed E-state index contributed by atoms with van der Waals surface area (Å²) in [4.78, 5) is 12.1. The van der Waals surface area contributed by atoms with Crippen molar-refractivity contribution in [2.45, 2.75) is 51.1 Å². The zero-order valence-electron chi connectivity index (χ0n) is 11.9. The SMILES string of the molecule is CC(NC(=O)CC1CCCCC1N)c1cccc(Br)c1. The molecule has 1 aliphatic carbocycles. The molecule has 1 amide bonds. The molecule has 0 bridgehead atoms. The third-order valence-corrected chi connectivity index (χ3v) is 4.63. The van der Waals surface area contributed by atoms with Gasteiger partial charge in [-0.3, -0.25) is 4.79 Å². The quantitative estimate of drug-likeness (QED) is 0.882. The highest BCUT2D eigenvalue weighted by Crippen LogP contribution is 2.26. The normalized spacial score (nSPS) is 24.1. The van der Waals surface area contributed by atoms with E-state index in [4.69, 9.17) is 5.73 Å². The number of nitrogens with one attached hydrogen (secondary N) is 1. The molecule has 1 aromatic carbocycles. The van der Waals surface area contributed by atoms with Crippen molar-refractivity contribution in [3.05, 3.63) is 34.3 Å². The van der Waals surface area contributed by atoms with Crippen LogP contribution in [0.25, 0.3) is 0 Å². The van der Waals surface area contributed by atoms with E-state index >= 15 is 0 Å². The lowest BCUT2D eigenvalue weighted by Gasteiger charge is -2.28. The number of carbonyl (C=O) groups excluding carboxylic acids is 1. The van der Waals surface area contributed by atoms with Gasteiger partial charge in [-0.1, -0.05) is 40.9 Å². The highest BCUT2D eigenvalue weighted by Gasteiger charge is 2.24. The van der Waals surface area contributed by atoms with Gasteiger partial charge in [-0.05, 0) is 43.4 Å². The molecule has 1 aliphatic rings. The van der Waals surface area contributed by atoms with Crippen LogP contribution in [0.4, 0.5) is 0 Å². The minimum atomic E-state index is 0.0276. The molecular weight excluding hydrogens is 316 g/mol. The smallest absolute Gasteiger partial charge is 0.220 e. The number of hydrogen-bond donors (Lipinski definition) is 2. The zero-order valence-corrected chi connectivity index (χ0v) is 13.5. The maximum atomic E-state index is 12.1. The van der Waals surface area contributed by atoms with Gasteiger partial charge in [-0.15, -0.1) is 0 Å². The summed E-state index contributed by atoms with van der Waals surface area (Å²) in [5, 5.41) is 3.08. The Hall–Kier alpha value is -0.870. The van der Waals surface area contributed by atoms with Crippen LogP contribution < -0.4 is 11.1 Å². The van der Waals surface area contributed by atoms with Gasteiger partial charge in [0.15, 0.2) is 0 Å². The van der Waals surface area contributed by atoms with E-state index in [9.17, 15) is 4.79 Å². The third-order valence-electron chi connectivity index (χ3n) is 4.14. The molecule has 4 heteroatoms. The minimum Gasteiger partial charge on any atom is -0.350 e. The number of nitrogens with two attached hydrogens (primary N) is 1. The molecule has 3 nitrogen and oxygen atoms in total. The molecule has 0 radical (unpaired) electrons. The number of amides is 1. The largest absolute Gasteiger partial charge is 0.350 e. The molecule has 0 saturated heterocycles. The second-order valence-electron chi connectivity index (χ2n) is 5.76. The summed E-state index contributed by atoms with van der Waals surface area (Å²) < 4.78 is 1.03. The van der Waals surface area contributed by atoms with Gasteiger partial charge >= 0.3 is 0 Å². The molecule has 1 fully saturated rings. The number of benzene rings is 1. The Morgan fingerprint density at radius 1 is 1.45 bits per heavy atom. The van der Waals surface area contributed by atoms with Crippen LogP contribution in [-0.4, -0.2) is 11.9 Å². The van der Waals surface area contributed by atoms with E-state index in [-0.39, 0.29) is 18.0 Å². The molecule has 110 valence electrons. The summed E-state index contributed by atoms with van der Waals surface area (Å²) in [7, 11) is 0. The monoisotopic (exact) mass is 338 g/mol. The average molecular weight is 339 g/mol. The van der Waals surface area contributed by atoms with Gasteiger partial charge in [0, 0.05) is 16.9 Å². The zero-order chi connectivity index (χ0) is 14.5. The first-order valence-corrected chi connectivity index (χ1v) is 8.16. The molecule has 0 aromatic heterocycles. The Labute approximate surface area is 129 Å². The highest BCUT2D eigenvalue weighted by molar-refractivity contribution is 9.10.